The molecule has 2 atom stereocenters. The van der Waals surface area contributed by atoms with Crippen LogP contribution < -0.4 is 10.5 Å². The number of benzene rings is 2. The van der Waals surface area contributed by atoms with Crippen LogP contribution in [0.15, 0.2) is 42.5 Å². The molecule has 2 aliphatic rings. The van der Waals surface area contributed by atoms with Gasteiger partial charge in [0, 0.05) is 32.7 Å². The number of carbonyl (C=O) groups is 1. The van der Waals surface area contributed by atoms with Crippen LogP contribution in [0.1, 0.15) is 40.1 Å². The van der Waals surface area contributed by atoms with E-state index >= 15 is 0 Å². The van der Waals surface area contributed by atoms with E-state index in [9.17, 15) is 9.90 Å². The van der Waals surface area contributed by atoms with Gasteiger partial charge in [0.2, 0.25) is 0 Å². The molecule has 0 spiro atoms. The summed E-state index contributed by atoms with van der Waals surface area (Å²) in [6.07, 6.45) is 0.246. The van der Waals surface area contributed by atoms with Crippen LogP contribution in [-0.4, -0.2) is 72.9 Å². The van der Waals surface area contributed by atoms with Crippen molar-refractivity contribution in [2.75, 3.05) is 45.9 Å². The summed E-state index contributed by atoms with van der Waals surface area (Å²) in [5, 5.41) is 10.8. The van der Waals surface area contributed by atoms with E-state index in [-0.39, 0.29) is 18.6 Å². The van der Waals surface area contributed by atoms with E-state index in [1.54, 1.807) is 11.0 Å². The van der Waals surface area contributed by atoms with Gasteiger partial charge in [-0.1, -0.05) is 30.3 Å². The molecule has 0 aliphatic carbocycles. The Morgan fingerprint density at radius 3 is 2.78 bits per heavy atom. The van der Waals surface area contributed by atoms with Gasteiger partial charge in [-0.05, 0) is 42.2 Å². The van der Waals surface area contributed by atoms with Crippen molar-refractivity contribution in [3.63, 3.8) is 0 Å². The lowest BCUT2D eigenvalue weighted by Crippen LogP contribution is -2.44. The van der Waals surface area contributed by atoms with Crippen LogP contribution in [0.25, 0.3) is 0 Å². The fraction of sp³-hybridized carbons (Fsp3) is 0.480. The lowest BCUT2D eigenvalue weighted by molar-refractivity contribution is 0.0501. The molecule has 4 rings (SSSR count). The van der Waals surface area contributed by atoms with Crippen molar-refractivity contribution in [2.45, 2.75) is 32.1 Å². The second kappa shape index (κ2) is 10.4. The monoisotopic (exact) mass is 439 g/mol. The third-order valence-electron chi connectivity index (χ3n) is 6.21. The van der Waals surface area contributed by atoms with Crippen LogP contribution in [0.2, 0.25) is 0 Å². The Hall–Kier alpha value is -2.45. The molecule has 7 nitrogen and oxygen atoms in total. The number of nitrogens with two attached hydrogens (primary N) is 1. The normalized spacial score (nSPS) is 18.3. The summed E-state index contributed by atoms with van der Waals surface area (Å²) < 4.78 is 11.6. The Morgan fingerprint density at radius 2 is 1.97 bits per heavy atom. The van der Waals surface area contributed by atoms with Crippen molar-refractivity contribution in [1.82, 2.24) is 9.80 Å². The minimum absolute atomic E-state index is 0.109. The molecule has 2 aromatic rings. The zero-order chi connectivity index (χ0) is 22.5. The zero-order valence-corrected chi connectivity index (χ0v) is 18.7. The van der Waals surface area contributed by atoms with Gasteiger partial charge in [0.05, 0.1) is 30.9 Å². The number of ether oxygens (including phenoxy) is 2. The molecule has 0 saturated heterocycles. The predicted molar refractivity (Wildman–Crippen MR) is 123 cm³/mol. The quantitative estimate of drug-likeness (QED) is 0.654. The molecule has 3 N–H and O–H groups in total. The van der Waals surface area contributed by atoms with Crippen LogP contribution in [0.3, 0.4) is 0 Å². The number of β-amino-alcohol motifs (C(OH)–C–C–N with tert-alkyl or cyclic N) is 1. The van der Waals surface area contributed by atoms with Crippen molar-refractivity contribution >= 4 is 5.91 Å². The first-order valence-electron chi connectivity index (χ1n) is 11.4. The number of aliphatic hydroxyl groups is 1. The minimum atomic E-state index is -0.616. The fourth-order valence-electron chi connectivity index (χ4n) is 4.46. The van der Waals surface area contributed by atoms with E-state index in [4.69, 9.17) is 15.2 Å². The summed E-state index contributed by atoms with van der Waals surface area (Å²) in [6, 6.07) is 14.0. The van der Waals surface area contributed by atoms with Gasteiger partial charge in [0.1, 0.15) is 12.4 Å². The van der Waals surface area contributed by atoms with Crippen molar-refractivity contribution < 1.29 is 19.4 Å². The van der Waals surface area contributed by atoms with Crippen LogP contribution in [0.5, 0.6) is 5.75 Å². The van der Waals surface area contributed by atoms with Crippen molar-refractivity contribution in [3.8, 4) is 5.75 Å². The largest absolute Gasteiger partial charge is 0.491 e. The lowest BCUT2D eigenvalue weighted by atomic mass is 10.00. The zero-order valence-electron chi connectivity index (χ0n) is 18.7. The summed E-state index contributed by atoms with van der Waals surface area (Å²) in [5.74, 6) is 0.461. The average Bonchev–Trinajstić information content (AvgIpc) is 2.95. The molecule has 172 valence electrons. The van der Waals surface area contributed by atoms with Gasteiger partial charge in [-0.3, -0.25) is 9.69 Å². The fourth-order valence-corrected chi connectivity index (χ4v) is 4.46. The molecule has 0 fully saturated rings. The summed E-state index contributed by atoms with van der Waals surface area (Å²) in [4.78, 5) is 17.1. The van der Waals surface area contributed by atoms with Gasteiger partial charge in [0.25, 0.3) is 5.91 Å². The molecule has 1 amide bonds. The molecule has 2 aliphatic heterocycles. The molecule has 2 unspecified atom stereocenters. The van der Waals surface area contributed by atoms with E-state index < -0.39 is 6.10 Å². The van der Waals surface area contributed by atoms with E-state index in [0.717, 1.165) is 25.1 Å². The van der Waals surface area contributed by atoms with Gasteiger partial charge < -0.3 is 25.2 Å². The molecule has 32 heavy (non-hydrogen) atoms. The molecule has 0 aromatic heterocycles. The molecule has 2 heterocycles. The Balaban J connectivity index is 1.37. The second-order valence-electron chi connectivity index (χ2n) is 8.56. The number of hydrogen-bond acceptors (Lipinski definition) is 6. The first-order chi connectivity index (χ1) is 15.5. The number of fused-ring (bicyclic) bond motifs is 2. The Kier molecular flexibility index (Phi) is 7.42. The van der Waals surface area contributed by atoms with E-state index in [0.29, 0.717) is 44.2 Å². The van der Waals surface area contributed by atoms with Gasteiger partial charge in [-0.2, -0.15) is 0 Å². The predicted octanol–water partition coefficient (Wildman–Crippen LogP) is 1.98. The summed E-state index contributed by atoms with van der Waals surface area (Å²) in [7, 11) is 0. The molecular formula is C25H33N3O4. The lowest BCUT2D eigenvalue weighted by Gasteiger charge is -2.32. The Labute approximate surface area is 189 Å². The van der Waals surface area contributed by atoms with Gasteiger partial charge in [-0.15, -0.1) is 0 Å². The number of amides is 1. The second-order valence-corrected chi connectivity index (χ2v) is 8.56. The maximum atomic E-state index is 13.2. The highest BCUT2D eigenvalue weighted by molar-refractivity contribution is 5.97. The highest BCUT2D eigenvalue weighted by Gasteiger charge is 2.27. The third kappa shape index (κ3) is 5.30. The highest BCUT2D eigenvalue weighted by Crippen LogP contribution is 2.28. The average molecular weight is 440 g/mol. The van der Waals surface area contributed by atoms with Crippen LogP contribution >= 0.6 is 0 Å². The SMILES string of the molecule is CC(OCCN)c1ccc2c(c1)OCCN(CC(O)CN1CCc3ccccc3C1)C2=O. The third-order valence-corrected chi connectivity index (χ3v) is 6.21. The smallest absolute Gasteiger partial charge is 0.257 e. The maximum absolute atomic E-state index is 13.2. The molecular weight excluding hydrogens is 406 g/mol. The van der Waals surface area contributed by atoms with Crippen molar-refractivity contribution in [3.05, 3.63) is 64.7 Å². The summed E-state index contributed by atoms with van der Waals surface area (Å²) in [6.45, 7) is 6.32. The minimum Gasteiger partial charge on any atom is -0.491 e. The van der Waals surface area contributed by atoms with Crippen molar-refractivity contribution in [2.24, 2.45) is 5.73 Å². The first kappa shape index (κ1) is 22.7. The van der Waals surface area contributed by atoms with Crippen LogP contribution in [-0.2, 0) is 17.7 Å². The molecule has 0 saturated carbocycles. The van der Waals surface area contributed by atoms with Gasteiger partial charge in [-0.25, -0.2) is 0 Å². The summed E-state index contributed by atoms with van der Waals surface area (Å²) >= 11 is 0. The van der Waals surface area contributed by atoms with E-state index in [2.05, 4.69) is 29.2 Å². The Bertz CT molecular complexity index is 935. The maximum Gasteiger partial charge on any atom is 0.257 e. The standard InChI is InChI=1S/C25H33N3O4/c1-18(31-12-9-26)20-6-7-23-24(14-20)32-13-11-28(25(23)30)17-22(29)16-27-10-8-19-4-2-3-5-21(19)15-27/h2-7,14,18,22,29H,8-13,15-17,26H2,1H3. The topological polar surface area (TPSA) is 88.3 Å². The molecule has 2 aromatic carbocycles. The van der Waals surface area contributed by atoms with Crippen LogP contribution in [0, 0.1) is 0 Å². The van der Waals surface area contributed by atoms with Gasteiger partial charge in [0.15, 0.2) is 0 Å². The molecule has 0 radical (unpaired) electrons. The van der Waals surface area contributed by atoms with Gasteiger partial charge >= 0.3 is 0 Å². The number of rotatable bonds is 8. The molecule has 7 heteroatoms. The first-order valence-corrected chi connectivity index (χ1v) is 11.4. The number of carbonyl (C=O) groups excluding carboxylic acids is 1. The van der Waals surface area contributed by atoms with Crippen molar-refractivity contribution in [1.29, 1.82) is 0 Å². The number of hydrogen-bond donors (Lipinski definition) is 2. The number of aliphatic hydroxyl groups excluding tert-OH is 1. The van der Waals surface area contributed by atoms with Crippen LogP contribution in [0.4, 0.5) is 0 Å². The Morgan fingerprint density at radius 1 is 1.16 bits per heavy atom. The summed E-state index contributed by atoms with van der Waals surface area (Å²) in [5.41, 5.74) is 9.69. The number of nitrogens with zero attached hydrogens (tertiary/aromatic N) is 2. The van der Waals surface area contributed by atoms with E-state index in [1.165, 1.54) is 11.1 Å². The molecule has 0 bridgehead atoms. The highest BCUT2D eigenvalue weighted by atomic mass is 16.5. The van der Waals surface area contributed by atoms with E-state index in [1.807, 2.05) is 19.1 Å².